The molecule has 0 aromatic heterocycles. The van der Waals surface area contributed by atoms with E-state index >= 15 is 0 Å². The first-order valence-corrected chi connectivity index (χ1v) is 20.8. The van der Waals surface area contributed by atoms with E-state index in [1.807, 2.05) is 194 Å². The molecule has 0 atom stereocenters. The molecule has 21 heteroatoms. The first-order chi connectivity index (χ1) is 32.4. The van der Waals surface area contributed by atoms with Crippen LogP contribution in [-0.4, -0.2) is 21.1 Å². The molecular weight excluding hydrogens is 984 g/mol. The average molecular weight is 1050 g/mol. The Labute approximate surface area is 433 Å². The molecule has 0 saturated carbocycles. The molecule has 391 valence electrons. The van der Waals surface area contributed by atoms with Gasteiger partial charge < -0.3 is 98.4 Å². The SMILES string of the molecule is Nc1ccc(Cc2ccc(N)cc2)cc1.Nc1ccc(Cc2ccc(N)cc2)cc1.Nc1ccc(Cc2ccc(N)cc2)cc1.Nc1ccc(Cc2ccc(N)cc2)cc1.O.O.O=[N+]([O-])[O-].O=[N+]([O-])[O-].[Co+2].[OH3+].[OH3+]. The van der Waals surface area contributed by atoms with Crippen molar-refractivity contribution in [3.8, 4) is 0 Å². The largest absolute Gasteiger partial charge is 2.00 e. The van der Waals surface area contributed by atoms with Crippen molar-refractivity contribution in [1.82, 2.24) is 0 Å². The van der Waals surface area contributed by atoms with Gasteiger partial charge in [0.1, 0.15) is 0 Å². The van der Waals surface area contributed by atoms with Crippen molar-refractivity contribution in [2.75, 3.05) is 45.9 Å². The molecule has 8 aromatic rings. The Bertz CT molecular complexity index is 2140. The standard InChI is InChI=1S/4C13H14N2.Co.2NO3.4H2O/c4*14-12-5-1-10(2-6-12)9-11-3-7-13(15)8-4-11;;2*2-1(3)4;;;;/h4*1-8H,9,14-15H2;;;;4*1H2/q;;;;+2;2*-1;;;;/p+2. The molecule has 0 amide bonds. The average Bonchev–Trinajstić information content (AvgIpc) is 3.30. The Balaban J connectivity index is -0.000000833. The minimum atomic E-state index is -1.75. The molecule has 0 aliphatic rings. The van der Waals surface area contributed by atoms with Crippen LogP contribution in [0.4, 0.5) is 45.5 Å². The summed E-state index contributed by atoms with van der Waals surface area (Å²) in [5.41, 5.74) is 61.5. The third-order valence-electron chi connectivity index (χ3n) is 9.47. The van der Waals surface area contributed by atoms with Crippen LogP contribution in [0, 0.1) is 30.6 Å². The van der Waals surface area contributed by atoms with E-state index in [0.29, 0.717) is 0 Å². The third-order valence-corrected chi connectivity index (χ3v) is 9.47. The molecule has 1 radical (unpaired) electrons. The Kier molecular flexibility index (Phi) is 34.4. The van der Waals surface area contributed by atoms with Crippen LogP contribution >= 0.6 is 0 Å². The van der Waals surface area contributed by atoms with E-state index in [0.717, 1.165) is 71.2 Å². The Morgan fingerprint density at radius 2 is 0.315 bits per heavy atom. The fourth-order valence-corrected chi connectivity index (χ4v) is 6.03. The summed E-state index contributed by atoms with van der Waals surface area (Å²) in [4.78, 5) is 16.5. The number of nitrogen functional groups attached to an aromatic ring is 8. The summed E-state index contributed by atoms with van der Waals surface area (Å²) in [6.07, 6.45) is 3.67. The van der Waals surface area contributed by atoms with Gasteiger partial charge in [0.2, 0.25) is 0 Å². The number of nitrogens with two attached hydrogens (primary N) is 8. The van der Waals surface area contributed by atoms with Crippen molar-refractivity contribution in [2.24, 2.45) is 0 Å². The topological polar surface area (TPSA) is 470 Å². The molecular formula is C52H66CoN10O10+2. The van der Waals surface area contributed by atoms with Gasteiger partial charge in [-0.05, 0) is 167 Å². The molecule has 0 heterocycles. The second-order valence-corrected chi connectivity index (χ2v) is 15.1. The second kappa shape index (κ2) is 36.8. The molecule has 0 spiro atoms. The minimum absolute atomic E-state index is 0. The molecule has 0 unspecified atom stereocenters. The molecule has 0 fully saturated rings. The van der Waals surface area contributed by atoms with Gasteiger partial charge in [0.05, 0.1) is 10.2 Å². The molecule has 20 nitrogen and oxygen atoms in total. The summed E-state index contributed by atoms with van der Waals surface area (Å²) in [5, 5.41) is 29.5. The van der Waals surface area contributed by atoms with E-state index in [9.17, 15) is 0 Å². The van der Waals surface area contributed by atoms with Crippen LogP contribution in [0.3, 0.4) is 0 Å². The van der Waals surface area contributed by atoms with Crippen LogP contribution in [0.5, 0.6) is 0 Å². The smallest absolute Gasteiger partial charge is 0.457 e. The minimum Gasteiger partial charge on any atom is -0.457 e. The van der Waals surface area contributed by atoms with Gasteiger partial charge >= 0.3 is 16.8 Å². The Morgan fingerprint density at radius 3 is 0.384 bits per heavy atom. The van der Waals surface area contributed by atoms with Gasteiger partial charge in [0.15, 0.2) is 0 Å². The quantitative estimate of drug-likeness (QED) is 0.0386. The monoisotopic (exact) mass is 1050 g/mol. The zero-order valence-electron chi connectivity index (χ0n) is 39.8. The number of hydrogen-bond donors (Lipinski definition) is 8. The van der Waals surface area contributed by atoms with Crippen LogP contribution in [0.1, 0.15) is 44.5 Å². The number of anilines is 8. The zero-order chi connectivity index (χ0) is 49.8. The summed E-state index contributed by atoms with van der Waals surface area (Å²) < 4.78 is 0. The maximum absolute atomic E-state index is 8.25. The van der Waals surface area contributed by atoms with E-state index < -0.39 is 10.2 Å². The predicted molar refractivity (Wildman–Crippen MR) is 296 cm³/mol. The molecule has 0 saturated heterocycles. The molecule has 26 N–H and O–H groups in total. The van der Waals surface area contributed by atoms with Crippen LogP contribution < -0.4 is 45.9 Å². The summed E-state index contributed by atoms with van der Waals surface area (Å²) in [6.45, 7) is 0. The van der Waals surface area contributed by atoms with Gasteiger partial charge in [-0.3, -0.25) is 0 Å². The third kappa shape index (κ3) is 30.9. The Morgan fingerprint density at radius 1 is 0.247 bits per heavy atom. The zero-order valence-corrected chi connectivity index (χ0v) is 40.8. The number of hydrogen-bond acceptors (Lipinski definition) is 14. The molecule has 73 heavy (non-hydrogen) atoms. The van der Waals surface area contributed by atoms with E-state index in [-0.39, 0.29) is 38.7 Å². The molecule has 0 bridgehead atoms. The van der Waals surface area contributed by atoms with Crippen molar-refractivity contribution in [1.29, 1.82) is 0 Å². The van der Waals surface area contributed by atoms with E-state index in [1.54, 1.807) is 0 Å². The van der Waals surface area contributed by atoms with Gasteiger partial charge in [0, 0.05) is 45.5 Å². The van der Waals surface area contributed by atoms with Crippen LogP contribution in [-0.2, 0) is 53.4 Å². The summed E-state index contributed by atoms with van der Waals surface area (Å²) in [5.74, 6) is 0. The van der Waals surface area contributed by atoms with Crippen LogP contribution in [0.2, 0.25) is 0 Å². The summed E-state index contributed by atoms with van der Waals surface area (Å²) in [6, 6.07) is 63.5. The van der Waals surface area contributed by atoms with Crippen molar-refractivity contribution in [2.45, 2.75) is 25.7 Å². The van der Waals surface area contributed by atoms with E-state index in [4.69, 9.17) is 76.5 Å². The molecule has 8 aromatic carbocycles. The summed E-state index contributed by atoms with van der Waals surface area (Å²) in [7, 11) is 0. The normalized spacial score (nSPS) is 8.99. The van der Waals surface area contributed by atoms with E-state index in [1.165, 1.54) is 44.5 Å². The summed E-state index contributed by atoms with van der Waals surface area (Å²) >= 11 is 0. The molecule has 0 aliphatic heterocycles. The van der Waals surface area contributed by atoms with Crippen LogP contribution in [0.15, 0.2) is 194 Å². The number of benzene rings is 8. The van der Waals surface area contributed by atoms with Gasteiger partial charge in [-0.15, -0.1) is 0 Å². The maximum atomic E-state index is 8.25. The van der Waals surface area contributed by atoms with Crippen molar-refractivity contribution in [3.63, 3.8) is 0 Å². The first-order valence-electron chi connectivity index (χ1n) is 20.8. The first kappa shape index (κ1) is 68.2. The van der Waals surface area contributed by atoms with Crippen LogP contribution in [0.25, 0.3) is 0 Å². The molecule has 0 aliphatic carbocycles. The second-order valence-electron chi connectivity index (χ2n) is 15.1. The fraction of sp³-hybridized carbons (Fsp3) is 0.0769. The van der Waals surface area contributed by atoms with Gasteiger partial charge in [-0.25, -0.2) is 0 Å². The van der Waals surface area contributed by atoms with Gasteiger partial charge in [-0.1, -0.05) is 97.1 Å². The number of rotatable bonds is 8. The van der Waals surface area contributed by atoms with Crippen molar-refractivity contribution >= 4 is 45.5 Å². The number of nitrogens with zero attached hydrogens (tertiary/aromatic N) is 2. The molecule has 8 rings (SSSR count). The van der Waals surface area contributed by atoms with Crippen molar-refractivity contribution in [3.05, 3.63) is 269 Å². The predicted octanol–water partition coefficient (Wildman–Crippen LogP) is 5.79. The van der Waals surface area contributed by atoms with E-state index in [2.05, 4.69) is 0 Å². The van der Waals surface area contributed by atoms with Gasteiger partial charge in [-0.2, -0.15) is 0 Å². The van der Waals surface area contributed by atoms with Gasteiger partial charge in [0.25, 0.3) is 0 Å². The Hall–Kier alpha value is -9.09. The fourth-order valence-electron chi connectivity index (χ4n) is 6.03. The van der Waals surface area contributed by atoms with Crippen molar-refractivity contribution < 1.29 is 48.9 Å². The maximum Gasteiger partial charge on any atom is 2.00 e.